The lowest BCUT2D eigenvalue weighted by Crippen LogP contribution is -2.33. The van der Waals surface area contributed by atoms with Gasteiger partial charge in [0.15, 0.2) is 5.11 Å². The molecule has 36 heteroatoms. The summed E-state index contributed by atoms with van der Waals surface area (Å²) in [5.74, 6) is -0.139. The lowest BCUT2D eigenvalue weighted by molar-refractivity contribution is -0.138. The molecule has 0 spiro atoms. The molecule has 0 aliphatic carbocycles. The number of carbonyl (C=O) groups is 10. The Morgan fingerprint density at radius 2 is 0.447 bits per heavy atom. The summed E-state index contributed by atoms with van der Waals surface area (Å²) < 4.78 is 30.4. The molecule has 8 amide bonds. The highest BCUT2D eigenvalue weighted by molar-refractivity contribution is 8.13. The zero-order valence-electron chi connectivity index (χ0n) is 66.7. The number of hydrogen-bond acceptors (Lipinski definition) is 24. The van der Waals surface area contributed by atoms with Gasteiger partial charge in [0.1, 0.15) is 5.78 Å². The van der Waals surface area contributed by atoms with Gasteiger partial charge in [0.05, 0.1) is 42.7 Å². The molecule has 0 N–H and O–H groups in total. The Kier molecular flexibility index (Phi) is 132. The highest BCUT2D eigenvalue weighted by Gasteiger charge is 2.03. The number of amides is 8. The first-order valence-corrected chi connectivity index (χ1v) is 32.3. The van der Waals surface area contributed by atoms with Crippen molar-refractivity contribution in [2.75, 3.05) is 272 Å². The van der Waals surface area contributed by atoms with Crippen LogP contribution in [0.2, 0.25) is 0 Å². The molecule has 0 aromatic heterocycles. The molecule has 0 rings (SSSR count). The van der Waals surface area contributed by atoms with E-state index < -0.39 is 0 Å². The molecule has 0 saturated carbocycles. The van der Waals surface area contributed by atoms with Crippen LogP contribution in [0.5, 0.6) is 0 Å². The summed E-state index contributed by atoms with van der Waals surface area (Å²) in [5, 5.41) is 2.07. The van der Waals surface area contributed by atoms with Crippen LogP contribution in [-0.2, 0) is 57.1 Å². The SMILES string of the molecule is CC(=O)N(C)C.CC(=O)N(C)C.CC(C)=O.CN(C)C.CN(C)C(=O)N(C)C.CN(C)C(=S)N(C)C.COC.COC(=O)N(C)C.COC(=O)N(C)C.COC(=S)N(C)C.COC(=S)N(C)C.COC(C)=O.COC(C)=O.CSC.CSC(=O)N(C)C.CSC(=O)N(C)C. The molecule has 0 heterocycles. The molecule has 0 aromatic carbocycles. The Morgan fingerprint density at radius 3 is 0.447 bits per heavy atom. The van der Waals surface area contributed by atoms with Gasteiger partial charge in [-0.05, 0) is 96.7 Å². The first-order chi connectivity index (χ1) is 42.3. The molecule has 0 bridgehead atoms. The van der Waals surface area contributed by atoms with Crippen molar-refractivity contribution in [1.29, 1.82) is 0 Å². The Hall–Kier alpha value is -5.66. The lowest BCUT2D eigenvalue weighted by Gasteiger charge is -2.20. The molecular weight excluding hydrogens is 1340 g/mol. The van der Waals surface area contributed by atoms with Gasteiger partial charge in [-0.15, -0.1) is 0 Å². The number of Topliss-reactive ketones (excluding diaryl/α,β-unsaturated/α-hetero) is 1. The van der Waals surface area contributed by atoms with Crippen LogP contribution in [0.15, 0.2) is 0 Å². The van der Waals surface area contributed by atoms with E-state index in [1.54, 1.807) is 185 Å². The number of ether oxygens (including phenoxy) is 7. The zero-order chi connectivity index (χ0) is 80.1. The van der Waals surface area contributed by atoms with E-state index in [-0.39, 0.29) is 58.2 Å². The van der Waals surface area contributed by atoms with Crippen LogP contribution in [0.25, 0.3) is 0 Å². The normalized spacial score (nSPS) is 7.81. The van der Waals surface area contributed by atoms with Crippen molar-refractivity contribution in [3.8, 4) is 0 Å². The third kappa shape index (κ3) is 185. The Balaban J connectivity index is -0.0000000496. The fourth-order valence-corrected chi connectivity index (χ4v) is 2.63. The quantitative estimate of drug-likeness (QED) is 0.136. The van der Waals surface area contributed by atoms with E-state index in [1.165, 1.54) is 123 Å². The zero-order valence-corrected chi connectivity index (χ0v) is 71.6. The van der Waals surface area contributed by atoms with Gasteiger partial charge in [-0.1, -0.05) is 23.5 Å². The molecule has 0 aromatic rings. The van der Waals surface area contributed by atoms with Crippen LogP contribution in [0.4, 0.5) is 24.0 Å². The van der Waals surface area contributed by atoms with E-state index >= 15 is 0 Å². The van der Waals surface area contributed by atoms with Gasteiger partial charge < -0.3 is 102 Å². The number of urea groups is 1. The van der Waals surface area contributed by atoms with Crippen LogP contribution in [0.1, 0.15) is 41.5 Å². The lowest BCUT2D eigenvalue weighted by atomic mass is 10.6. The molecule has 570 valence electrons. The third-order valence-corrected chi connectivity index (χ3v) is 9.83. The number of methoxy groups -OCH3 is 7. The number of thioether (sulfide) groups is 3. The second-order valence-electron chi connectivity index (χ2n) is 19.6. The summed E-state index contributed by atoms with van der Waals surface area (Å²) in [4.78, 5) is 122. The number of hydrogen-bond donors (Lipinski definition) is 0. The van der Waals surface area contributed by atoms with Crippen molar-refractivity contribution in [3.05, 3.63) is 0 Å². The maximum atomic E-state index is 10.7. The largest absolute Gasteiger partial charge is 0.474 e. The van der Waals surface area contributed by atoms with E-state index in [4.69, 9.17) is 12.2 Å². The molecule has 0 fully saturated rings. The second kappa shape index (κ2) is 96.0. The molecule has 30 nitrogen and oxygen atoms in total. The van der Waals surface area contributed by atoms with E-state index in [2.05, 4.69) is 57.6 Å². The molecular formula is C58H135N13O17S6. The minimum absolute atomic E-state index is 0.0185. The molecule has 0 unspecified atom stereocenters. The summed E-state index contributed by atoms with van der Waals surface area (Å²) in [7, 11) is 60.1. The summed E-state index contributed by atoms with van der Waals surface area (Å²) in [6.45, 7) is 8.83. The predicted molar refractivity (Wildman–Crippen MR) is 409 cm³/mol. The van der Waals surface area contributed by atoms with Gasteiger partial charge >= 0.3 is 30.2 Å². The first-order valence-electron chi connectivity index (χ1n) is 26.9. The monoisotopic (exact) mass is 1480 g/mol. The highest BCUT2D eigenvalue weighted by atomic mass is 32.2. The minimum atomic E-state index is -0.319. The van der Waals surface area contributed by atoms with E-state index in [0.29, 0.717) is 10.3 Å². The van der Waals surface area contributed by atoms with E-state index in [9.17, 15) is 47.9 Å². The van der Waals surface area contributed by atoms with Crippen molar-refractivity contribution in [2.45, 2.75) is 41.5 Å². The number of rotatable bonds is 0. The number of thiocarbonyl (C=S) groups is 3. The molecule has 0 atom stereocenters. The molecule has 94 heavy (non-hydrogen) atoms. The second-order valence-corrected chi connectivity index (χ2v) is 23.0. The number of ketones is 1. The van der Waals surface area contributed by atoms with Crippen LogP contribution in [0.3, 0.4) is 0 Å². The maximum Gasteiger partial charge on any atom is 0.408 e. The van der Waals surface area contributed by atoms with Gasteiger partial charge in [-0.25, -0.2) is 14.4 Å². The predicted octanol–water partition coefficient (Wildman–Crippen LogP) is 6.84. The van der Waals surface area contributed by atoms with Crippen LogP contribution >= 0.6 is 71.9 Å². The highest BCUT2D eigenvalue weighted by Crippen LogP contribution is 1.98. The Morgan fingerprint density at radius 1 is 0.287 bits per heavy atom. The Bertz CT molecular complexity index is 1600. The first kappa shape index (κ1) is 129. The number of carbonyl (C=O) groups excluding carboxylic acids is 10. The average Bonchev–Trinajstić information content (AvgIpc) is 3.46. The van der Waals surface area contributed by atoms with Crippen molar-refractivity contribution in [3.63, 3.8) is 0 Å². The molecule has 0 aliphatic rings. The van der Waals surface area contributed by atoms with Crippen molar-refractivity contribution >= 4 is 146 Å². The van der Waals surface area contributed by atoms with Gasteiger partial charge in [0.2, 0.25) is 11.8 Å². The summed E-state index contributed by atoms with van der Waals surface area (Å²) in [6.07, 6.45) is 6.98. The van der Waals surface area contributed by atoms with Gasteiger partial charge in [-0.3, -0.25) is 28.8 Å². The fraction of sp³-hybridized carbons (Fsp3) is 0.776. The van der Waals surface area contributed by atoms with Crippen LogP contribution in [-0.4, -0.2) is 410 Å². The van der Waals surface area contributed by atoms with Gasteiger partial charge in [0.25, 0.3) is 20.8 Å². The molecule has 0 saturated heterocycles. The molecule has 0 aliphatic heterocycles. The van der Waals surface area contributed by atoms with E-state index in [0.717, 1.165) is 5.11 Å². The summed E-state index contributed by atoms with van der Waals surface area (Å²) in [5.41, 5.74) is 0. The molecule has 0 radical (unpaired) electrons. The number of esters is 2. The van der Waals surface area contributed by atoms with Crippen molar-refractivity contribution in [2.24, 2.45) is 0 Å². The average molecular weight is 1480 g/mol. The minimum Gasteiger partial charge on any atom is -0.474 e. The van der Waals surface area contributed by atoms with Crippen LogP contribution in [0, 0.1) is 0 Å². The van der Waals surface area contributed by atoms with Gasteiger partial charge in [-0.2, -0.15) is 11.8 Å². The summed E-state index contributed by atoms with van der Waals surface area (Å²) >= 11 is 18.5. The summed E-state index contributed by atoms with van der Waals surface area (Å²) in [6, 6.07) is 0.0185. The standard InChI is InChI=1S/C5H12N2O.C5H12N2S.2C4H9NO2.4C4H9NOS.2C4H9NO.C3H9N.2C3H6O2.C3H6O.C2H6O.C2H6S/c2*1-6(2)5(8)7(3)4;4*1-5(2)4(6)7-3;2*1-5(2)4(7)6-3;2*1-4(6)5(2)3;1-4(2)3;2*1-3(4)5-2;1-3(2)4;2*1-3-2/h2*1-4H3;6*1-3H3;2*1-3H3;1-3H3;2*1-2H3;1-2H3;2*1-2H3. The van der Waals surface area contributed by atoms with Crippen molar-refractivity contribution in [1.82, 2.24) is 63.7 Å². The van der Waals surface area contributed by atoms with Crippen molar-refractivity contribution < 1.29 is 81.1 Å². The van der Waals surface area contributed by atoms with Crippen LogP contribution < -0.4 is 0 Å². The fourth-order valence-electron chi connectivity index (χ4n) is 1.90. The smallest absolute Gasteiger partial charge is 0.408 e. The topological polar surface area (TPSA) is 277 Å². The number of nitrogens with zero attached hydrogens (tertiary/aromatic N) is 13. The maximum absolute atomic E-state index is 10.7. The van der Waals surface area contributed by atoms with Gasteiger partial charge in [0, 0.05) is 211 Å². The Labute approximate surface area is 600 Å². The third-order valence-electron chi connectivity index (χ3n) is 6.60. The van der Waals surface area contributed by atoms with E-state index in [1.807, 2.05) is 105 Å².